The first-order valence-electron chi connectivity index (χ1n) is 5.83. The van der Waals surface area contributed by atoms with Gasteiger partial charge in [-0.15, -0.1) is 0 Å². The third-order valence-corrected chi connectivity index (χ3v) is 2.09. The summed E-state index contributed by atoms with van der Waals surface area (Å²) in [4.78, 5) is 0. The van der Waals surface area contributed by atoms with Crippen molar-refractivity contribution in [3.8, 4) is 0 Å². The van der Waals surface area contributed by atoms with Gasteiger partial charge in [-0.25, -0.2) is 0 Å². The fourth-order valence-electron chi connectivity index (χ4n) is 1.28. The van der Waals surface area contributed by atoms with Crippen LogP contribution >= 0.6 is 0 Å². The lowest BCUT2D eigenvalue weighted by Gasteiger charge is -2.16. The highest BCUT2D eigenvalue weighted by atomic mass is 16.5. The van der Waals surface area contributed by atoms with E-state index in [1.54, 1.807) is 7.11 Å². The van der Waals surface area contributed by atoms with Crippen LogP contribution in [0.4, 0.5) is 0 Å². The molecule has 0 radical (unpaired) electrons. The molecular formula is C11H25NO4. The number of methoxy groups -OCH3 is 1. The van der Waals surface area contributed by atoms with Crippen molar-refractivity contribution in [3.05, 3.63) is 0 Å². The summed E-state index contributed by atoms with van der Waals surface area (Å²) in [5.41, 5.74) is 0. The topological polar surface area (TPSA) is 60.0 Å². The fraction of sp³-hybridized carbons (Fsp3) is 1.00. The maximum atomic E-state index is 8.83. The first-order chi connectivity index (χ1) is 7.85. The molecule has 1 atom stereocenters. The number of rotatable bonds is 12. The van der Waals surface area contributed by atoms with Gasteiger partial charge in [0.1, 0.15) is 0 Å². The van der Waals surface area contributed by atoms with Gasteiger partial charge < -0.3 is 24.6 Å². The Balaban J connectivity index is 3.25. The molecule has 1 unspecified atom stereocenters. The van der Waals surface area contributed by atoms with Crippen LogP contribution in [0.25, 0.3) is 0 Å². The van der Waals surface area contributed by atoms with E-state index in [2.05, 4.69) is 5.32 Å². The Morgan fingerprint density at radius 2 is 1.81 bits per heavy atom. The summed E-state index contributed by atoms with van der Waals surface area (Å²) in [7, 11) is 1.65. The molecule has 0 aliphatic rings. The van der Waals surface area contributed by atoms with Crippen LogP contribution in [0.5, 0.6) is 0 Å². The van der Waals surface area contributed by atoms with Gasteiger partial charge in [0.25, 0.3) is 0 Å². The van der Waals surface area contributed by atoms with Gasteiger partial charge in [0.15, 0.2) is 0 Å². The van der Waals surface area contributed by atoms with E-state index < -0.39 is 0 Å². The summed E-state index contributed by atoms with van der Waals surface area (Å²) in [6, 6.07) is 0.231. The Morgan fingerprint density at radius 1 is 1.12 bits per heavy atom. The van der Waals surface area contributed by atoms with Crippen molar-refractivity contribution in [3.63, 3.8) is 0 Å². The zero-order valence-electron chi connectivity index (χ0n) is 10.4. The van der Waals surface area contributed by atoms with Gasteiger partial charge in [0.05, 0.1) is 33.0 Å². The number of hydrogen-bond acceptors (Lipinski definition) is 5. The second-order valence-corrected chi connectivity index (χ2v) is 3.45. The van der Waals surface area contributed by atoms with E-state index in [1.165, 1.54) is 0 Å². The molecule has 0 aliphatic heterocycles. The van der Waals surface area contributed by atoms with E-state index in [1.807, 2.05) is 6.92 Å². The van der Waals surface area contributed by atoms with Crippen LogP contribution < -0.4 is 5.32 Å². The predicted molar refractivity (Wildman–Crippen MR) is 62.7 cm³/mol. The molecular weight excluding hydrogens is 210 g/mol. The second kappa shape index (κ2) is 12.9. The molecule has 5 heteroatoms. The van der Waals surface area contributed by atoms with E-state index in [9.17, 15) is 0 Å². The number of aliphatic hydroxyl groups excluding tert-OH is 1. The Morgan fingerprint density at radius 3 is 2.44 bits per heavy atom. The van der Waals surface area contributed by atoms with Crippen LogP contribution in [0, 0.1) is 0 Å². The number of likely N-dealkylation sites (N-methyl/N-ethyl adjacent to an activating group) is 1. The number of nitrogens with one attached hydrogen (secondary N) is 1. The van der Waals surface area contributed by atoms with Crippen LogP contribution in [-0.2, 0) is 14.2 Å². The van der Waals surface area contributed by atoms with Crippen molar-refractivity contribution in [1.82, 2.24) is 5.32 Å². The van der Waals surface area contributed by atoms with Crippen molar-refractivity contribution in [2.45, 2.75) is 19.4 Å². The van der Waals surface area contributed by atoms with Gasteiger partial charge in [0, 0.05) is 19.8 Å². The lowest BCUT2D eigenvalue weighted by Crippen LogP contribution is -2.34. The number of ether oxygens (including phenoxy) is 3. The van der Waals surface area contributed by atoms with Crippen molar-refractivity contribution in [2.24, 2.45) is 0 Å². The molecule has 5 nitrogen and oxygen atoms in total. The molecule has 0 saturated carbocycles. The normalized spacial score (nSPS) is 12.9. The average Bonchev–Trinajstić information content (AvgIpc) is 2.28. The lowest BCUT2D eigenvalue weighted by molar-refractivity contribution is 0.0179. The highest BCUT2D eigenvalue weighted by molar-refractivity contribution is 4.64. The predicted octanol–water partition coefficient (Wildman–Crippen LogP) is 0.0265. The van der Waals surface area contributed by atoms with Gasteiger partial charge in [-0.2, -0.15) is 0 Å². The summed E-state index contributed by atoms with van der Waals surface area (Å²) < 4.78 is 15.5. The second-order valence-electron chi connectivity index (χ2n) is 3.45. The SMILES string of the molecule is CCNC(CCO)COCCOCCOC. The van der Waals surface area contributed by atoms with E-state index in [0.717, 1.165) is 13.0 Å². The number of hydrogen-bond donors (Lipinski definition) is 2. The quantitative estimate of drug-likeness (QED) is 0.467. The third-order valence-electron chi connectivity index (χ3n) is 2.09. The Labute approximate surface area is 98.1 Å². The average molecular weight is 235 g/mol. The Kier molecular flexibility index (Phi) is 12.7. The fourth-order valence-corrected chi connectivity index (χ4v) is 1.28. The maximum absolute atomic E-state index is 8.83. The molecule has 0 heterocycles. The molecule has 0 aliphatic carbocycles. The summed E-state index contributed by atoms with van der Waals surface area (Å²) in [5, 5.41) is 12.1. The van der Waals surface area contributed by atoms with Gasteiger partial charge in [0.2, 0.25) is 0 Å². The van der Waals surface area contributed by atoms with Crippen LogP contribution in [0.15, 0.2) is 0 Å². The van der Waals surface area contributed by atoms with E-state index >= 15 is 0 Å². The molecule has 0 spiro atoms. The largest absolute Gasteiger partial charge is 0.396 e. The minimum atomic E-state index is 0.186. The molecule has 16 heavy (non-hydrogen) atoms. The number of aliphatic hydroxyl groups is 1. The standard InChI is InChI=1S/C11H25NO4/c1-3-12-11(4-5-13)10-16-9-8-15-7-6-14-2/h11-13H,3-10H2,1-2H3. The lowest BCUT2D eigenvalue weighted by atomic mass is 10.2. The van der Waals surface area contributed by atoms with Crippen molar-refractivity contribution < 1.29 is 19.3 Å². The van der Waals surface area contributed by atoms with Crippen LogP contribution in [0.1, 0.15) is 13.3 Å². The minimum absolute atomic E-state index is 0.186. The first-order valence-corrected chi connectivity index (χ1v) is 5.83. The summed E-state index contributed by atoms with van der Waals surface area (Å²) >= 11 is 0. The summed E-state index contributed by atoms with van der Waals surface area (Å²) in [6.07, 6.45) is 0.721. The summed E-state index contributed by atoms with van der Waals surface area (Å²) in [5.74, 6) is 0. The Bertz CT molecular complexity index is 129. The zero-order valence-corrected chi connectivity index (χ0v) is 10.4. The van der Waals surface area contributed by atoms with E-state index in [0.29, 0.717) is 33.0 Å². The van der Waals surface area contributed by atoms with Gasteiger partial charge >= 0.3 is 0 Å². The molecule has 2 N–H and O–H groups in total. The summed E-state index contributed by atoms with van der Waals surface area (Å²) in [6.45, 7) is 6.11. The van der Waals surface area contributed by atoms with Crippen LogP contribution in [-0.4, -0.2) is 64.4 Å². The van der Waals surface area contributed by atoms with Crippen molar-refractivity contribution in [2.75, 3.05) is 53.3 Å². The van der Waals surface area contributed by atoms with Crippen molar-refractivity contribution >= 4 is 0 Å². The molecule has 0 aromatic rings. The molecule has 0 amide bonds. The first kappa shape index (κ1) is 15.8. The molecule has 98 valence electrons. The molecule has 0 rings (SSSR count). The smallest absolute Gasteiger partial charge is 0.0701 e. The Hall–Kier alpha value is -0.200. The van der Waals surface area contributed by atoms with Crippen molar-refractivity contribution in [1.29, 1.82) is 0 Å². The molecule has 0 bridgehead atoms. The molecule has 0 fully saturated rings. The highest BCUT2D eigenvalue weighted by Gasteiger charge is 2.05. The van der Waals surface area contributed by atoms with Crippen LogP contribution in [0.3, 0.4) is 0 Å². The zero-order chi connectivity index (χ0) is 12.1. The molecule has 0 aromatic carbocycles. The molecule has 0 saturated heterocycles. The molecule has 0 aromatic heterocycles. The highest BCUT2D eigenvalue weighted by Crippen LogP contribution is 1.92. The van der Waals surface area contributed by atoms with E-state index in [4.69, 9.17) is 19.3 Å². The monoisotopic (exact) mass is 235 g/mol. The maximum Gasteiger partial charge on any atom is 0.0701 e. The van der Waals surface area contributed by atoms with E-state index in [-0.39, 0.29) is 12.6 Å². The van der Waals surface area contributed by atoms with Gasteiger partial charge in [-0.3, -0.25) is 0 Å². The van der Waals surface area contributed by atoms with Gasteiger partial charge in [-0.1, -0.05) is 6.92 Å². The minimum Gasteiger partial charge on any atom is -0.396 e. The van der Waals surface area contributed by atoms with Gasteiger partial charge in [-0.05, 0) is 13.0 Å². The third kappa shape index (κ3) is 10.3. The van der Waals surface area contributed by atoms with Crippen LogP contribution in [0.2, 0.25) is 0 Å².